The molecule has 0 atom stereocenters. The molecule has 0 aliphatic heterocycles. The van der Waals surface area contributed by atoms with Crippen molar-refractivity contribution in [2.75, 3.05) is 39.6 Å². The van der Waals surface area contributed by atoms with E-state index in [-0.39, 0.29) is 8.70 Å². The van der Waals surface area contributed by atoms with Gasteiger partial charge in [-0.2, -0.15) is 0 Å². The monoisotopic (exact) mass is 490 g/mol. The van der Waals surface area contributed by atoms with Gasteiger partial charge < -0.3 is 4.90 Å². The van der Waals surface area contributed by atoms with Gasteiger partial charge in [0.15, 0.2) is 0 Å². The molecule has 191 valence electrons. The summed E-state index contributed by atoms with van der Waals surface area (Å²) in [6.07, 6.45) is 32.1. The van der Waals surface area contributed by atoms with Crippen LogP contribution in [-0.2, 0) is 0 Å². The fourth-order valence-corrected chi connectivity index (χ4v) is 20.3. The summed E-state index contributed by atoms with van der Waals surface area (Å²) in [5.41, 5.74) is 0. The Morgan fingerprint density at radius 2 is 0.710 bits per heavy atom. The first-order chi connectivity index (χ1) is 15.0. The third-order valence-corrected chi connectivity index (χ3v) is 27.9. The summed E-state index contributed by atoms with van der Waals surface area (Å²) >= 11 is 0. The zero-order valence-corrected chi connectivity index (χ0v) is 27.0. The Morgan fingerprint density at radius 1 is 0.484 bits per heavy atom. The molecule has 0 amide bonds. The average Bonchev–Trinajstić information content (AvgIpc) is 2.74. The number of hydrogen-bond acceptors (Lipinski definition) is 1. The van der Waals surface area contributed by atoms with Crippen LogP contribution in [0, 0.1) is 0 Å². The van der Waals surface area contributed by atoms with Crippen LogP contribution in [0.4, 0.5) is 0 Å². The topological polar surface area (TPSA) is 3.24 Å². The van der Waals surface area contributed by atoms with Crippen molar-refractivity contribution in [3.63, 3.8) is 0 Å². The number of unbranched alkanes of at least 4 members (excludes halogenated alkanes) is 15. The summed E-state index contributed by atoms with van der Waals surface area (Å²) in [5.74, 6) is 0. The van der Waals surface area contributed by atoms with Crippen LogP contribution in [0.15, 0.2) is 0 Å². The van der Waals surface area contributed by atoms with E-state index < -0.39 is 6.81 Å². The molecule has 0 rings (SSSR count). The molecule has 1 radical (unpaired) electrons. The molecule has 0 fully saturated rings. The predicted octanol–water partition coefficient (Wildman–Crippen LogP) is 7.63. The van der Waals surface area contributed by atoms with Gasteiger partial charge in [-0.3, -0.25) is 0 Å². The Balaban J connectivity index is 0. The molecule has 1 nitrogen and oxygen atoms in total. The third kappa shape index (κ3) is 27.0. The van der Waals surface area contributed by atoms with Gasteiger partial charge >= 0.3 is 180 Å². The molecule has 0 aliphatic rings. The predicted molar refractivity (Wildman–Crippen MR) is 160 cm³/mol. The summed E-state index contributed by atoms with van der Waals surface area (Å²) in [6, 6.07) is 0. The van der Waals surface area contributed by atoms with Crippen LogP contribution < -0.4 is 0 Å². The van der Waals surface area contributed by atoms with Gasteiger partial charge in [-0.05, 0) is 21.1 Å². The number of hydrogen-bond donors (Lipinski definition) is 0. The van der Waals surface area contributed by atoms with E-state index in [0.717, 1.165) is 0 Å². The smallest absolute Gasteiger partial charge is 0.0140 e. The van der Waals surface area contributed by atoms with E-state index in [4.69, 9.17) is 0 Å². The minimum absolute atomic E-state index is 0.256. The van der Waals surface area contributed by atoms with E-state index in [1.54, 1.807) is 57.0 Å². The molecule has 0 heterocycles. The van der Waals surface area contributed by atoms with Gasteiger partial charge in [0.05, 0.1) is 0 Å². The van der Waals surface area contributed by atoms with Crippen molar-refractivity contribution in [1.82, 2.24) is 4.90 Å². The summed E-state index contributed by atoms with van der Waals surface area (Å²) in [4.78, 5) is 2.00. The standard InChI is InChI=1S/C24H56PSi2.C3H9N/c1-4-7-10-13-16-19-22-25(27-26,23-20-17-14-11-8-5-2)24-21-18-15-12-9-6-3;1-4(2)3/h25H,4-24,26-27H2,1-3H3;1-3H3. The second-order valence-corrected chi connectivity index (χ2v) is 26.1. The molecule has 4 heteroatoms. The number of nitrogens with zero attached hydrogens (tertiary/aromatic N) is 1. The molecule has 0 aromatic rings. The van der Waals surface area contributed by atoms with E-state index in [9.17, 15) is 0 Å². The fraction of sp³-hybridized carbons (Fsp3) is 1.00. The summed E-state index contributed by atoms with van der Waals surface area (Å²) in [7, 11) is 8.73. The molecular formula is C27H65NPSi2. The Bertz CT molecular complexity index is 283. The third-order valence-electron chi connectivity index (χ3n) is 6.71. The van der Waals surface area contributed by atoms with Gasteiger partial charge in [-0.25, -0.2) is 0 Å². The van der Waals surface area contributed by atoms with Crippen molar-refractivity contribution in [3.05, 3.63) is 0 Å². The SMILES string of the molecule is CCCCCCCC[PH](CCCCCCCC)(CCCCCCCC)[SiH2][SiH2].CN(C)C. The minimum atomic E-state index is -0.824. The molecule has 0 aliphatic carbocycles. The summed E-state index contributed by atoms with van der Waals surface area (Å²) < 4.78 is 0. The first-order valence-electron chi connectivity index (χ1n) is 14.4. The molecule has 0 N–H and O–H groups in total. The van der Waals surface area contributed by atoms with Gasteiger partial charge in [0.25, 0.3) is 0 Å². The molecular weight excluding hydrogens is 425 g/mol. The van der Waals surface area contributed by atoms with Crippen LogP contribution in [0.5, 0.6) is 0 Å². The Morgan fingerprint density at radius 3 is 0.935 bits per heavy atom. The first-order valence-corrected chi connectivity index (χ1v) is 23.3. The van der Waals surface area contributed by atoms with E-state index in [0.29, 0.717) is 0 Å². The van der Waals surface area contributed by atoms with Crippen LogP contribution in [0.25, 0.3) is 0 Å². The van der Waals surface area contributed by atoms with Crippen molar-refractivity contribution in [2.45, 2.75) is 136 Å². The van der Waals surface area contributed by atoms with Crippen LogP contribution in [0.3, 0.4) is 0 Å². The maximum Gasteiger partial charge on any atom is -0.0140 e. The van der Waals surface area contributed by atoms with Crippen LogP contribution in [0.1, 0.15) is 136 Å². The Labute approximate surface area is 205 Å². The van der Waals surface area contributed by atoms with Crippen LogP contribution in [-0.4, -0.2) is 63.0 Å². The number of rotatable bonds is 22. The maximum atomic E-state index is 2.48. The van der Waals surface area contributed by atoms with Crippen LogP contribution in [0.2, 0.25) is 0 Å². The van der Waals surface area contributed by atoms with E-state index in [1.165, 1.54) is 77.0 Å². The largest absolute Gasteiger partial charge is 0.312 e. The van der Waals surface area contributed by atoms with Crippen molar-refractivity contribution in [3.8, 4) is 0 Å². The van der Waals surface area contributed by atoms with E-state index >= 15 is 0 Å². The summed E-state index contributed by atoms with van der Waals surface area (Å²) in [5, 5.41) is 0. The van der Waals surface area contributed by atoms with Crippen molar-refractivity contribution in [2.24, 2.45) is 0 Å². The van der Waals surface area contributed by atoms with Gasteiger partial charge in [0.2, 0.25) is 0 Å². The van der Waals surface area contributed by atoms with E-state index in [1.807, 2.05) is 26.0 Å². The average molecular weight is 491 g/mol. The van der Waals surface area contributed by atoms with Crippen molar-refractivity contribution in [1.29, 1.82) is 0 Å². The molecule has 0 aromatic heterocycles. The molecule has 31 heavy (non-hydrogen) atoms. The normalized spacial score (nSPS) is 12.5. The minimum Gasteiger partial charge on any atom is -0.312 e. The molecule has 0 aromatic carbocycles. The fourth-order valence-electron chi connectivity index (χ4n) is 4.59. The second-order valence-electron chi connectivity index (χ2n) is 10.6. The molecule has 0 saturated carbocycles. The molecule has 0 spiro atoms. The van der Waals surface area contributed by atoms with Gasteiger partial charge in [0, 0.05) is 0 Å². The molecule has 0 saturated heterocycles. The zero-order valence-electron chi connectivity index (χ0n) is 23.2. The quantitative estimate of drug-likeness (QED) is 0.0856. The second kappa shape index (κ2) is 27.1. The maximum absolute atomic E-state index is 2.48. The molecule has 0 unspecified atom stereocenters. The van der Waals surface area contributed by atoms with Gasteiger partial charge in [-0.15, -0.1) is 0 Å². The van der Waals surface area contributed by atoms with Crippen molar-refractivity contribution < 1.29 is 0 Å². The van der Waals surface area contributed by atoms with Gasteiger partial charge in [0.1, 0.15) is 0 Å². The first kappa shape index (κ1) is 34.0. The molecule has 0 bridgehead atoms. The summed E-state index contributed by atoms with van der Waals surface area (Å²) in [6.45, 7) is 6.18. The van der Waals surface area contributed by atoms with Gasteiger partial charge in [-0.1, -0.05) is 0 Å². The zero-order chi connectivity index (χ0) is 23.6. The Kier molecular flexibility index (Phi) is 29.7. The van der Waals surface area contributed by atoms with Crippen LogP contribution >= 0.6 is 6.81 Å². The van der Waals surface area contributed by atoms with Crippen molar-refractivity contribution >= 4 is 25.3 Å². The van der Waals surface area contributed by atoms with E-state index in [2.05, 4.69) is 30.5 Å². The Hall–Kier alpha value is 0.824.